The highest BCUT2D eigenvalue weighted by molar-refractivity contribution is 6.30. The molecular formula is C23H24ClN5O4. The molecule has 172 valence electrons. The number of rotatable bonds is 7. The molecule has 0 radical (unpaired) electrons. The van der Waals surface area contributed by atoms with E-state index in [1.165, 1.54) is 0 Å². The highest BCUT2D eigenvalue weighted by Gasteiger charge is 2.27. The molecule has 1 aliphatic rings. The Bertz CT molecular complexity index is 1180. The van der Waals surface area contributed by atoms with E-state index in [4.69, 9.17) is 21.1 Å². The second-order valence-electron chi connectivity index (χ2n) is 7.61. The average molecular weight is 470 g/mol. The van der Waals surface area contributed by atoms with Crippen LogP contribution in [0.15, 0.2) is 42.5 Å². The number of aryl methyl sites for hydroxylation is 1. The van der Waals surface area contributed by atoms with Crippen LogP contribution in [0.2, 0.25) is 5.02 Å². The number of ether oxygens (including phenoxy) is 2. The first-order valence-electron chi connectivity index (χ1n) is 10.4. The molecule has 2 aromatic carbocycles. The van der Waals surface area contributed by atoms with Gasteiger partial charge in [-0.2, -0.15) is 0 Å². The molecule has 2 heterocycles. The zero-order valence-electron chi connectivity index (χ0n) is 18.4. The van der Waals surface area contributed by atoms with Gasteiger partial charge in [-0.1, -0.05) is 35.0 Å². The summed E-state index contributed by atoms with van der Waals surface area (Å²) in [5.74, 6) is 0.817. The minimum Gasteiger partial charge on any atom is -0.493 e. The SMILES string of the molecule is COc1ccc(CNC(=O)c2nnn3c2CN(Cc2cccc(Cl)c2)C(=O)CC3)cc1OC. The third kappa shape index (κ3) is 5.09. The van der Waals surface area contributed by atoms with Crippen LogP contribution in [-0.2, 0) is 31.0 Å². The molecule has 1 aliphatic heterocycles. The molecule has 1 aromatic heterocycles. The van der Waals surface area contributed by atoms with E-state index in [-0.39, 0.29) is 37.0 Å². The van der Waals surface area contributed by atoms with Gasteiger partial charge in [-0.15, -0.1) is 5.10 Å². The summed E-state index contributed by atoms with van der Waals surface area (Å²) >= 11 is 6.09. The Kier molecular flexibility index (Phi) is 6.79. The third-order valence-electron chi connectivity index (χ3n) is 5.45. The van der Waals surface area contributed by atoms with Crippen LogP contribution >= 0.6 is 11.6 Å². The zero-order valence-corrected chi connectivity index (χ0v) is 19.1. The maximum absolute atomic E-state index is 12.9. The van der Waals surface area contributed by atoms with Crippen LogP contribution in [0.1, 0.15) is 33.7 Å². The monoisotopic (exact) mass is 469 g/mol. The van der Waals surface area contributed by atoms with Crippen molar-refractivity contribution in [2.24, 2.45) is 0 Å². The summed E-state index contributed by atoms with van der Waals surface area (Å²) < 4.78 is 12.2. The lowest BCUT2D eigenvalue weighted by Gasteiger charge is -2.20. The van der Waals surface area contributed by atoms with Gasteiger partial charge in [0.1, 0.15) is 0 Å². The van der Waals surface area contributed by atoms with E-state index < -0.39 is 0 Å². The molecule has 2 amide bonds. The van der Waals surface area contributed by atoms with Gasteiger partial charge in [0, 0.05) is 24.5 Å². The van der Waals surface area contributed by atoms with Gasteiger partial charge in [0.25, 0.3) is 5.91 Å². The van der Waals surface area contributed by atoms with Gasteiger partial charge < -0.3 is 19.7 Å². The first-order valence-corrected chi connectivity index (χ1v) is 10.8. The first kappa shape index (κ1) is 22.6. The maximum Gasteiger partial charge on any atom is 0.274 e. The van der Waals surface area contributed by atoms with Crippen LogP contribution in [0.25, 0.3) is 0 Å². The second-order valence-corrected chi connectivity index (χ2v) is 8.05. The van der Waals surface area contributed by atoms with Crippen LogP contribution < -0.4 is 14.8 Å². The summed E-state index contributed by atoms with van der Waals surface area (Å²) in [6, 6.07) is 12.8. The molecule has 0 fully saturated rings. The van der Waals surface area contributed by atoms with Crippen molar-refractivity contribution < 1.29 is 19.1 Å². The Morgan fingerprint density at radius 2 is 1.94 bits per heavy atom. The summed E-state index contributed by atoms with van der Waals surface area (Å²) in [5.41, 5.74) is 2.57. The van der Waals surface area contributed by atoms with Crippen LogP contribution in [0.3, 0.4) is 0 Å². The smallest absolute Gasteiger partial charge is 0.274 e. The lowest BCUT2D eigenvalue weighted by atomic mass is 10.2. The van der Waals surface area contributed by atoms with Crippen LogP contribution in [0, 0.1) is 0 Å². The van der Waals surface area contributed by atoms with Crippen molar-refractivity contribution in [3.8, 4) is 11.5 Å². The molecule has 1 N–H and O–H groups in total. The third-order valence-corrected chi connectivity index (χ3v) is 5.68. The predicted molar refractivity (Wildman–Crippen MR) is 121 cm³/mol. The molecule has 0 bridgehead atoms. The van der Waals surface area contributed by atoms with E-state index in [0.717, 1.165) is 11.1 Å². The number of hydrogen-bond acceptors (Lipinski definition) is 6. The number of methoxy groups -OCH3 is 2. The Morgan fingerprint density at radius 1 is 1.12 bits per heavy atom. The molecule has 33 heavy (non-hydrogen) atoms. The number of fused-ring (bicyclic) bond motifs is 1. The fraction of sp³-hybridized carbons (Fsp3) is 0.304. The molecule has 3 aromatic rings. The number of carbonyl (C=O) groups is 2. The van der Waals surface area contributed by atoms with Crippen molar-refractivity contribution in [1.82, 2.24) is 25.2 Å². The quantitative estimate of drug-likeness (QED) is 0.571. The topological polar surface area (TPSA) is 98.6 Å². The normalized spacial score (nSPS) is 13.3. The van der Waals surface area contributed by atoms with Crippen LogP contribution in [0.4, 0.5) is 0 Å². The number of aromatic nitrogens is 3. The second kappa shape index (κ2) is 9.91. The molecule has 4 rings (SSSR count). The van der Waals surface area contributed by atoms with Crippen molar-refractivity contribution in [2.45, 2.75) is 32.6 Å². The van der Waals surface area contributed by atoms with Crippen molar-refractivity contribution in [2.75, 3.05) is 14.2 Å². The first-order chi connectivity index (χ1) is 16.0. The Balaban J connectivity index is 1.49. The number of hydrogen-bond donors (Lipinski definition) is 1. The molecule has 0 spiro atoms. The van der Waals surface area contributed by atoms with E-state index in [2.05, 4.69) is 15.6 Å². The van der Waals surface area contributed by atoms with Gasteiger partial charge in [-0.3, -0.25) is 9.59 Å². The molecule has 0 aliphatic carbocycles. The number of halogens is 1. The number of benzene rings is 2. The van der Waals surface area contributed by atoms with E-state index in [0.29, 0.717) is 35.3 Å². The molecule has 0 atom stereocenters. The zero-order chi connectivity index (χ0) is 23.4. The fourth-order valence-electron chi connectivity index (χ4n) is 3.73. The molecular weight excluding hydrogens is 446 g/mol. The summed E-state index contributed by atoms with van der Waals surface area (Å²) in [4.78, 5) is 27.3. The highest BCUT2D eigenvalue weighted by atomic mass is 35.5. The Morgan fingerprint density at radius 3 is 2.70 bits per heavy atom. The van der Waals surface area contributed by atoms with Gasteiger partial charge in [-0.25, -0.2) is 4.68 Å². The van der Waals surface area contributed by atoms with Crippen molar-refractivity contribution in [3.05, 3.63) is 70.0 Å². The largest absolute Gasteiger partial charge is 0.493 e. The van der Waals surface area contributed by atoms with E-state index >= 15 is 0 Å². The van der Waals surface area contributed by atoms with Crippen molar-refractivity contribution in [3.63, 3.8) is 0 Å². The predicted octanol–water partition coefficient (Wildman–Crippen LogP) is 2.81. The number of carbonyl (C=O) groups excluding carboxylic acids is 2. The lowest BCUT2D eigenvalue weighted by molar-refractivity contribution is -0.132. The van der Waals surface area contributed by atoms with Crippen molar-refractivity contribution in [1.29, 1.82) is 0 Å². The van der Waals surface area contributed by atoms with Gasteiger partial charge in [-0.05, 0) is 35.4 Å². The number of nitrogens with zero attached hydrogens (tertiary/aromatic N) is 4. The van der Waals surface area contributed by atoms with Gasteiger partial charge >= 0.3 is 0 Å². The van der Waals surface area contributed by atoms with Gasteiger partial charge in [0.05, 0.1) is 33.0 Å². The Labute approximate surface area is 196 Å². The number of amides is 2. The molecule has 0 unspecified atom stereocenters. The molecule has 9 nitrogen and oxygen atoms in total. The van der Waals surface area contributed by atoms with E-state index in [1.54, 1.807) is 42.0 Å². The summed E-state index contributed by atoms with van der Waals surface area (Å²) in [7, 11) is 3.12. The standard InChI is InChI=1S/C23H24ClN5O4/c1-32-19-7-6-15(11-20(19)33-2)12-25-23(31)22-18-14-28(13-16-4-3-5-17(24)10-16)21(30)8-9-29(18)27-26-22/h3-7,10-11H,8-9,12-14H2,1-2H3,(H,25,31). The van der Waals surface area contributed by atoms with E-state index in [1.807, 2.05) is 24.3 Å². The lowest BCUT2D eigenvalue weighted by Crippen LogP contribution is -2.30. The minimum atomic E-state index is -0.358. The highest BCUT2D eigenvalue weighted by Crippen LogP contribution is 2.27. The minimum absolute atomic E-state index is 0.0165. The fourth-order valence-corrected chi connectivity index (χ4v) is 3.94. The molecule has 10 heteroatoms. The van der Waals surface area contributed by atoms with Gasteiger partial charge in [0.2, 0.25) is 5.91 Å². The van der Waals surface area contributed by atoms with Crippen LogP contribution in [-0.4, -0.2) is 45.9 Å². The van der Waals surface area contributed by atoms with Crippen LogP contribution in [0.5, 0.6) is 11.5 Å². The van der Waals surface area contributed by atoms with Gasteiger partial charge in [0.15, 0.2) is 17.2 Å². The van der Waals surface area contributed by atoms with Crippen molar-refractivity contribution >= 4 is 23.4 Å². The van der Waals surface area contributed by atoms with E-state index in [9.17, 15) is 9.59 Å². The maximum atomic E-state index is 12.9. The average Bonchev–Trinajstić information content (AvgIpc) is 3.15. The summed E-state index contributed by atoms with van der Waals surface area (Å²) in [5, 5.41) is 11.7. The number of nitrogens with one attached hydrogen (secondary N) is 1. The summed E-state index contributed by atoms with van der Waals surface area (Å²) in [6.45, 7) is 1.27. The molecule has 0 saturated heterocycles. The summed E-state index contributed by atoms with van der Waals surface area (Å²) in [6.07, 6.45) is 0.281. The molecule has 0 saturated carbocycles. The Hall–Kier alpha value is -3.59.